The maximum absolute atomic E-state index is 10.7. The zero-order valence-electron chi connectivity index (χ0n) is 7.07. The van der Waals surface area contributed by atoms with Gasteiger partial charge >= 0.3 is 5.97 Å². The zero-order chi connectivity index (χ0) is 9.84. The summed E-state index contributed by atoms with van der Waals surface area (Å²) >= 11 is 0. The minimum Gasteiger partial charge on any atom is -0.478 e. The Morgan fingerprint density at radius 1 is 1.62 bits per heavy atom. The normalized spacial score (nSPS) is 8.92. The highest BCUT2D eigenvalue weighted by Crippen LogP contribution is 2.19. The molecule has 0 atom stereocenters. The molecule has 0 saturated carbocycles. The number of carboxylic acids is 1. The van der Waals surface area contributed by atoms with Crippen molar-refractivity contribution in [2.45, 2.75) is 6.92 Å². The third kappa shape index (κ3) is 2.00. The van der Waals surface area contributed by atoms with Crippen LogP contribution in [0.3, 0.4) is 0 Å². The average molecular weight is 176 g/mol. The first-order chi connectivity index (χ1) is 6.15. The highest BCUT2D eigenvalue weighted by Gasteiger charge is 2.10. The fraction of sp³-hybridized carbons (Fsp3) is 0.100. The fourth-order valence-corrected chi connectivity index (χ4v) is 0.963. The van der Waals surface area contributed by atoms with E-state index in [0.717, 1.165) is 5.56 Å². The number of carboxylic acid groups (broad SMARTS) is 1. The first-order valence-corrected chi connectivity index (χ1v) is 3.61. The molecular weight excluding hydrogens is 168 g/mol. The van der Waals surface area contributed by atoms with Gasteiger partial charge in [0.1, 0.15) is 11.7 Å². The zero-order valence-corrected chi connectivity index (χ0v) is 7.07. The molecule has 0 saturated heterocycles. The van der Waals surface area contributed by atoms with Crippen LogP contribution in [0.4, 0.5) is 0 Å². The van der Waals surface area contributed by atoms with Gasteiger partial charge in [-0.2, -0.15) is 0 Å². The van der Waals surface area contributed by atoms with E-state index >= 15 is 0 Å². The van der Waals surface area contributed by atoms with Crippen LogP contribution in [0.2, 0.25) is 0 Å². The number of hydrogen-bond acceptors (Lipinski definition) is 2. The molecule has 0 aliphatic carbocycles. The Kier molecular flexibility index (Phi) is 2.56. The van der Waals surface area contributed by atoms with E-state index in [0.29, 0.717) is 0 Å². The number of aromatic carboxylic acids is 1. The molecule has 1 aromatic rings. The quantitative estimate of drug-likeness (QED) is 0.697. The van der Waals surface area contributed by atoms with E-state index in [1.165, 1.54) is 6.07 Å². The van der Waals surface area contributed by atoms with Gasteiger partial charge < -0.3 is 9.84 Å². The summed E-state index contributed by atoms with van der Waals surface area (Å²) in [4.78, 5) is 10.7. The van der Waals surface area contributed by atoms with Gasteiger partial charge in [-0.05, 0) is 24.6 Å². The first kappa shape index (κ1) is 9.14. The maximum atomic E-state index is 10.7. The second-order valence-electron chi connectivity index (χ2n) is 2.52. The van der Waals surface area contributed by atoms with E-state index in [2.05, 4.69) is 0 Å². The van der Waals surface area contributed by atoms with Crippen molar-refractivity contribution in [2.75, 3.05) is 0 Å². The van der Waals surface area contributed by atoms with Crippen LogP contribution < -0.4 is 4.74 Å². The van der Waals surface area contributed by atoms with Crippen LogP contribution in [0, 0.1) is 19.5 Å². The van der Waals surface area contributed by atoms with Crippen LogP contribution in [0.15, 0.2) is 18.2 Å². The lowest BCUT2D eigenvalue weighted by molar-refractivity contribution is 0.0694. The molecule has 0 radical (unpaired) electrons. The lowest BCUT2D eigenvalue weighted by Gasteiger charge is -2.02. The van der Waals surface area contributed by atoms with Crippen molar-refractivity contribution in [3.05, 3.63) is 29.3 Å². The standard InChI is InChI=1S/C10H8O3/c1-3-13-9-5-4-7(2)6-8(9)10(11)12/h1,4-6H,2H3,(H,11,12). The summed E-state index contributed by atoms with van der Waals surface area (Å²) in [6.07, 6.45) is 6.84. The molecule has 3 heteroatoms. The molecule has 1 rings (SSSR count). The molecule has 0 bridgehead atoms. The number of hydrogen-bond donors (Lipinski definition) is 1. The van der Waals surface area contributed by atoms with Gasteiger partial charge in [-0.25, -0.2) is 4.79 Å². The van der Waals surface area contributed by atoms with E-state index in [4.69, 9.17) is 16.3 Å². The molecule has 3 nitrogen and oxygen atoms in total. The molecule has 0 fully saturated rings. The molecule has 13 heavy (non-hydrogen) atoms. The number of terminal acetylenes is 1. The van der Waals surface area contributed by atoms with Crippen molar-refractivity contribution in [3.63, 3.8) is 0 Å². The smallest absolute Gasteiger partial charge is 0.339 e. The summed E-state index contributed by atoms with van der Waals surface area (Å²) in [5.41, 5.74) is 0.930. The minimum atomic E-state index is -1.05. The SMILES string of the molecule is C#COc1ccc(C)cc1C(=O)O. The summed E-state index contributed by atoms with van der Waals surface area (Å²) in [5.74, 6) is -0.852. The Morgan fingerprint density at radius 3 is 2.85 bits per heavy atom. The molecule has 1 aromatic carbocycles. The molecule has 1 N–H and O–H groups in total. The van der Waals surface area contributed by atoms with Gasteiger partial charge in [0.15, 0.2) is 5.75 Å². The predicted molar refractivity (Wildman–Crippen MR) is 47.6 cm³/mol. The van der Waals surface area contributed by atoms with Gasteiger partial charge in [0, 0.05) is 0 Å². The number of carbonyl (C=O) groups is 1. The Balaban J connectivity index is 3.20. The number of benzene rings is 1. The molecule has 0 amide bonds. The highest BCUT2D eigenvalue weighted by molar-refractivity contribution is 5.91. The van der Waals surface area contributed by atoms with Gasteiger partial charge in [0.25, 0.3) is 0 Å². The van der Waals surface area contributed by atoms with E-state index < -0.39 is 5.97 Å². The van der Waals surface area contributed by atoms with Crippen LogP contribution in [0.25, 0.3) is 0 Å². The van der Waals surface area contributed by atoms with Gasteiger partial charge in [0.05, 0.1) is 0 Å². The minimum absolute atomic E-state index is 0.0814. The van der Waals surface area contributed by atoms with Crippen LogP contribution in [0.5, 0.6) is 5.75 Å². The number of ether oxygens (including phenoxy) is 1. The van der Waals surface area contributed by atoms with E-state index in [-0.39, 0.29) is 11.3 Å². The summed E-state index contributed by atoms with van der Waals surface area (Å²) in [6.45, 7) is 1.80. The lowest BCUT2D eigenvalue weighted by atomic mass is 10.1. The topological polar surface area (TPSA) is 46.5 Å². The molecule has 0 spiro atoms. The highest BCUT2D eigenvalue weighted by atomic mass is 16.5. The largest absolute Gasteiger partial charge is 0.478 e. The molecule has 0 aliphatic heterocycles. The van der Waals surface area contributed by atoms with E-state index in [9.17, 15) is 4.79 Å². The fourth-order valence-electron chi connectivity index (χ4n) is 0.963. The van der Waals surface area contributed by atoms with Crippen LogP contribution >= 0.6 is 0 Å². The van der Waals surface area contributed by atoms with Crippen molar-refractivity contribution < 1.29 is 14.6 Å². The first-order valence-electron chi connectivity index (χ1n) is 3.61. The summed E-state index contributed by atoms with van der Waals surface area (Å²) < 4.78 is 4.70. The molecule has 0 aromatic heterocycles. The summed E-state index contributed by atoms with van der Waals surface area (Å²) in [5, 5.41) is 8.77. The molecule has 66 valence electrons. The molecular formula is C10H8O3. The van der Waals surface area contributed by atoms with Crippen molar-refractivity contribution in [3.8, 4) is 18.3 Å². The number of rotatable bonds is 2. The van der Waals surface area contributed by atoms with Gasteiger partial charge in [0.2, 0.25) is 0 Å². The van der Waals surface area contributed by atoms with Gasteiger partial charge in [-0.3, -0.25) is 0 Å². The van der Waals surface area contributed by atoms with Crippen molar-refractivity contribution in [2.24, 2.45) is 0 Å². The Morgan fingerprint density at radius 2 is 2.31 bits per heavy atom. The number of aryl methyl sites for hydroxylation is 1. The molecule has 0 heterocycles. The molecule has 0 unspecified atom stereocenters. The van der Waals surface area contributed by atoms with E-state index in [1.807, 2.05) is 6.11 Å². The maximum Gasteiger partial charge on any atom is 0.339 e. The summed E-state index contributed by atoms with van der Waals surface area (Å²) in [6, 6.07) is 4.78. The van der Waals surface area contributed by atoms with Gasteiger partial charge in [-0.1, -0.05) is 12.5 Å². The monoisotopic (exact) mass is 176 g/mol. The molecule has 0 aliphatic rings. The van der Waals surface area contributed by atoms with Crippen molar-refractivity contribution in [1.82, 2.24) is 0 Å². The Bertz CT molecular complexity index is 374. The summed E-state index contributed by atoms with van der Waals surface area (Å²) in [7, 11) is 0. The third-order valence-electron chi connectivity index (χ3n) is 1.53. The van der Waals surface area contributed by atoms with Crippen LogP contribution in [-0.4, -0.2) is 11.1 Å². The van der Waals surface area contributed by atoms with Crippen molar-refractivity contribution in [1.29, 1.82) is 0 Å². The Hall–Kier alpha value is -1.95. The van der Waals surface area contributed by atoms with E-state index in [1.54, 1.807) is 19.1 Å². The third-order valence-corrected chi connectivity index (χ3v) is 1.53. The average Bonchev–Trinajstić information content (AvgIpc) is 2.08. The lowest BCUT2D eigenvalue weighted by Crippen LogP contribution is -2.00. The van der Waals surface area contributed by atoms with Crippen LogP contribution in [-0.2, 0) is 0 Å². The second kappa shape index (κ2) is 3.63. The second-order valence-corrected chi connectivity index (χ2v) is 2.52. The van der Waals surface area contributed by atoms with Crippen molar-refractivity contribution >= 4 is 5.97 Å². The predicted octanol–water partition coefficient (Wildman–Crippen LogP) is 1.66. The Labute approximate surface area is 76.0 Å². The van der Waals surface area contributed by atoms with Crippen LogP contribution in [0.1, 0.15) is 15.9 Å². The van der Waals surface area contributed by atoms with Gasteiger partial charge in [-0.15, -0.1) is 0 Å².